The Hall–Kier alpha value is -6.51. The Balaban J connectivity index is 1.12. The van der Waals surface area contributed by atoms with Gasteiger partial charge in [0.2, 0.25) is 5.71 Å². The van der Waals surface area contributed by atoms with Crippen molar-refractivity contribution in [2.45, 2.75) is 31.6 Å². The minimum Gasteiger partial charge on any atom is -0.438 e. The number of aromatic nitrogens is 3. The van der Waals surface area contributed by atoms with Gasteiger partial charge in [-0.25, -0.2) is 4.98 Å². The van der Waals surface area contributed by atoms with Gasteiger partial charge in [-0.3, -0.25) is 0 Å². The summed E-state index contributed by atoms with van der Waals surface area (Å²) in [6.45, 7) is 4.68. The third-order valence-electron chi connectivity index (χ3n) is 12.1. The van der Waals surface area contributed by atoms with Crippen LogP contribution < -0.4 is 10.6 Å². The molecule has 4 aliphatic rings. The first-order valence-corrected chi connectivity index (χ1v) is 18.4. The van der Waals surface area contributed by atoms with Crippen molar-refractivity contribution >= 4 is 45.1 Å². The predicted octanol–water partition coefficient (Wildman–Crippen LogP) is 9.72. The average molecular weight is 683 g/mol. The van der Waals surface area contributed by atoms with Gasteiger partial charge in [0.05, 0.1) is 33.2 Å². The highest BCUT2D eigenvalue weighted by Crippen LogP contribution is 2.53. The first-order valence-electron chi connectivity index (χ1n) is 18.4. The van der Waals surface area contributed by atoms with Crippen LogP contribution in [-0.4, -0.2) is 14.5 Å². The van der Waals surface area contributed by atoms with Gasteiger partial charge in [-0.2, -0.15) is 10.2 Å². The lowest BCUT2D eigenvalue weighted by molar-refractivity contribution is 0.394. The summed E-state index contributed by atoms with van der Waals surface area (Å²) in [5.41, 5.74) is 10.3. The molecule has 252 valence electrons. The van der Waals surface area contributed by atoms with Crippen molar-refractivity contribution in [1.82, 2.24) is 14.5 Å². The van der Waals surface area contributed by atoms with Crippen LogP contribution in [0.5, 0.6) is 0 Å². The minimum atomic E-state index is -0.0384. The number of benzene rings is 4. The van der Waals surface area contributed by atoms with Crippen molar-refractivity contribution in [3.8, 4) is 34.4 Å². The summed E-state index contributed by atoms with van der Waals surface area (Å²) < 4.78 is 8.68. The van der Waals surface area contributed by atoms with Crippen molar-refractivity contribution in [3.05, 3.63) is 160 Å². The summed E-state index contributed by atoms with van der Waals surface area (Å²) in [6.07, 6.45) is 21.3. The van der Waals surface area contributed by atoms with Gasteiger partial charge >= 0.3 is 0 Å². The van der Waals surface area contributed by atoms with Crippen molar-refractivity contribution in [2.75, 3.05) is 0 Å². The Kier molecular flexibility index (Phi) is 6.25. The SMILES string of the molecule is CC1(C)c2cc(-c3nc(-c4ccc(-n5c6c(c7ccccc75)=CC5CC=CC=C5C=6)c(C#N)c4)c4c(n3)oc3ccccc34)ccc2C2C=CC=CC21. The zero-order chi connectivity index (χ0) is 35.4. The van der Waals surface area contributed by atoms with Crippen LogP contribution in [0, 0.1) is 23.2 Å². The maximum Gasteiger partial charge on any atom is 0.231 e. The van der Waals surface area contributed by atoms with E-state index in [0.29, 0.717) is 34.9 Å². The summed E-state index contributed by atoms with van der Waals surface area (Å²) in [5, 5.41) is 16.1. The third-order valence-corrected chi connectivity index (χ3v) is 12.1. The molecule has 53 heavy (non-hydrogen) atoms. The smallest absolute Gasteiger partial charge is 0.231 e. The zero-order valence-electron chi connectivity index (χ0n) is 29.4. The molecule has 4 aromatic carbocycles. The second-order valence-corrected chi connectivity index (χ2v) is 15.3. The van der Waals surface area contributed by atoms with Gasteiger partial charge in [-0.05, 0) is 70.9 Å². The molecule has 0 saturated heterocycles. The molecule has 0 saturated carbocycles. The van der Waals surface area contributed by atoms with E-state index < -0.39 is 0 Å². The number of hydrogen-bond donors (Lipinski definition) is 0. The van der Waals surface area contributed by atoms with E-state index in [4.69, 9.17) is 14.4 Å². The van der Waals surface area contributed by atoms with Crippen molar-refractivity contribution in [1.29, 1.82) is 5.26 Å². The number of para-hydroxylation sites is 2. The topological polar surface area (TPSA) is 67.6 Å². The molecular formula is C48H34N4O. The number of furan rings is 1. The highest BCUT2D eigenvalue weighted by molar-refractivity contribution is 6.10. The minimum absolute atomic E-state index is 0.0384. The maximum atomic E-state index is 10.8. The van der Waals surface area contributed by atoms with E-state index in [1.165, 1.54) is 27.3 Å². The molecule has 5 heteroatoms. The summed E-state index contributed by atoms with van der Waals surface area (Å²) in [6, 6.07) is 31.9. The lowest BCUT2D eigenvalue weighted by Gasteiger charge is -2.29. The van der Waals surface area contributed by atoms with Gasteiger partial charge in [-0.1, -0.05) is 117 Å². The molecule has 3 atom stereocenters. The Morgan fingerprint density at radius 1 is 0.868 bits per heavy atom. The quantitative estimate of drug-likeness (QED) is 0.186. The van der Waals surface area contributed by atoms with Crippen LogP contribution in [0.25, 0.3) is 73.5 Å². The van der Waals surface area contributed by atoms with E-state index in [2.05, 4.69) is 140 Å². The Morgan fingerprint density at radius 2 is 1.70 bits per heavy atom. The van der Waals surface area contributed by atoms with E-state index in [1.54, 1.807) is 0 Å². The van der Waals surface area contributed by atoms with Gasteiger partial charge in [-0.15, -0.1) is 0 Å². The Labute approximate surface area is 306 Å². The van der Waals surface area contributed by atoms with Crippen LogP contribution >= 0.6 is 0 Å². The highest BCUT2D eigenvalue weighted by atomic mass is 16.3. The normalized spacial score (nSPS) is 20.3. The summed E-state index contributed by atoms with van der Waals surface area (Å²) in [5.74, 6) is 1.74. The van der Waals surface area contributed by atoms with Crippen molar-refractivity contribution < 1.29 is 4.42 Å². The summed E-state index contributed by atoms with van der Waals surface area (Å²) in [7, 11) is 0. The van der Waals surface area contributed by atoms with Gasteiger partial charge in [0.1, 0.15) is 11.7 Å². The number of nitriles is 1. The van der Waals surface area contributed by atoms with Gasteiger partial charge in [0, 0.05) is 39.0 Å². The molecule has 0 aliphatic heterocycles. The standard InChI is InChI=1S/C48H34N4O/c1-48(2)38-16-8-5-13-33(38)34-21-19-31(25-39(34)48)46-50-45(44-36-15-7-10-18-43(36)53-47(44)51-46)30-20-22-40(32(23-30)27-49)52-41-17-9-6-14-35(41)37-24-28-11-3-4-12-29(28)26-42(37)52/h3-10,12-26,28,33,38H,11H2,1-2H3. The molecular weight excluding hydrogens is 649 g/mol. The van der Waals surface area contributed by atoms with Gasteiger partial charge in [0.25, 0.3) is 0 Å². The van der Waals surface area contributed by atoms with Crippen LogP contribution in [0.15, 0.2) is 137 Å². The molecule has 3 heterocycles. The van der Waals surface area contributed by atoms with Gasteiger partial charge < -0.3 is 8.98 Å². The lowest BCUT2D eigenvalue weighted by atomic mass is 9.74. The molecule has 4 aliphatic carbocycles. The molecule has 0 fully saturated rings. The Morgan fingerprint density at radius 3 is 2.60 bits per heavy atom. The lowest BCUT2D eigenvalue weighted by Crippen LogP contribution is -2.33. The largest absolute Gasteiger partial charge is 0.438 e. The van der Waals surface area contributed by atoms with E-state index in [-0.39, 0.29) is 5.41 Å². The molecule has 0 N–H and O–H groups in total. The van der Waals surface area contributed by atoms with E-state index in [0.717, 1.165) is 56.2 Å². The first kappa shape index (κ1) is 30.1. The summed E-state index contributed by atoms with van der Waals surface area (Å²) >= 11 is 0. The molecule has 7 aromatic rings. The number of allylic oxidation sites excluding steroid dienone is 8. The molecule has 3 aromatic heterocycles. The maximum absolute atomic E-state index is 10.8. The van der Waals surface area contributed by atoms with E-state index >= 15 is 0 Å². The van der Waals surface area contributed by atoms with Crippen LogP contribution in [0.4, 0.5) is 0 Å². The van der Waals surface area contributed by atoms with E-state index in [1.807, 2.05) is 24.3 Å². The predicted molar refractivity (Wildman–Crippen MR) is 213 cm³/mol. The van der Waals surface area contributed by atoms with Crippen molar-refractivity contribution in [2.24, 2.45) is 11.8 Å². The zero-order valence-corrected chi connectivity index (χ0v) is 29.4. The molecule has 0 radical (unpaired) electrons. The van der Waals surface area contributed by atoms with Gasteiger partial charge in [0.15, 0.2) is 5.82 Å². The van der Waals surface area contributed by atoms with Crippen molar-refractivity contribution in [3.63, 3.8) is 0 Å². The Bertz CT molecular complexity index is 3050. The monoisotopic (exact) mass is 682 g/mol. The van der Waals surface area contributed by atoms with Crippen LogP contribution in [0.1, 0.15) is 42.9 Å². The fourth-order valence-electron chi connectivity index (χ4n) is 9.45. The highest BCUT2D eigenvalue weighted by Gasteiger charge is 2.44. The van der Waals surface area contributed by atoms with Crippen LogP contribution in [0.2, 0.25) is 0 Å². The molecule has 3 unspecified atom stereocenters. The van der Waals surface area contributed by atoms with Crippen LogP contribution in [-0.2, 0) is 5.41 Å². The summed E-state index contributed by atoms with van der Waals surface area (Å²) in [4.78, 5) is 10.4. The molecule has 0 bridgehead atoms. The number of fused-ring (bicyclic) bond motifs is 10. The number of rotatable bonds is 3. The molecule has 5 nitrogen and oxygen atoms in total. The van der Waals surface area contributed by atoms with Crippen LogP contribution in [0.3, 0.4) is 0 Å². The number of nitrogens with zero attached hydrogens (tertiary/aromatic N) is 4. The first-order chi connectivity index (χ1) is 26.0. The van der Waals surface area contributed by atoms with E-state index in [9.17, 15) is 5.26 Å². The fourth-order valence-corrected chi connectivity index (χ4v) is 9.45. The average Bonchev–Trinajstić information content (AvgIpc) is 3.81. The molecule has 0 spiro atoms. The number of hydrogen-bond acceptors (Lipinski definition) is 4. The third kappa shape index (κ3) is 4.30. The second kappa shape index (κ2) is 11.0. The molecule has 11 rings (SSSR count). The fraction of sp³-hybridized carbons (Fsp3) is 0.146. The molecule has 0 amide bonds. The second-order valence-electron chi connectivity index (χ2n) is 15.3.